The Labute approximate surface area is 128 Å². The maximum absolute atomic E-state index is 13.7. The zero-order chi connectivity index (χ0) is 16.0. The highest BCUT2D eigenvalue weighted by Gasteiger charge is 2.71. The summed E-state index contributed by atoms with van der Waals surface area (Å²) >= 11 is 0. The van der Waals surface area contributed by atoms with E-state index in [0.29, 0.717) is 19.4 Å². The molecule has 2 saturated heterocycles. The number of alkyl halides is 3. The van der Waals surface area contributed by atoms with Crippen LogP contribution in [0.3, 0.4) is 0 Å². The van der Waals surface area contributed by atoms with Crippen LogP contribution in [0.5, 0.6) is 0 Å². The van der Waals surface area contributed by atoms with Crippen molar-refractivity contribution in [3.63, 3.8) is 0 Å². The first-order valence-corrected chi connectivity index (χ1v) is 8.97. The average Bonchev–Trinajstić information content (AvgIpc) is 2.80. The molecular weight excluding hydrogens is 315 g/mol. The second kappa shape index (κ2) is 5.23. The minimum Gasteiger partial charge on any atom is -0.297 e. The number of hydrogen-bond acceptors (Lipinski definition) is 3. The van der Waals surface area contributed by atoms with Crippen molar-refractivity contribution in [1.82, 2.24) is 4.90 Å². The maximum Gasteiger partial charge on any atom is 0.409 e. The van der Waals surface area contributed by atoms with E-state index >= 15 is 0 Å². The molecule has 1 aromatic carbocycles. The highest BCUT2D eigenvalue weighted by atomic mass is 32.2. The number of hydrogen-bond donors (Lipinski definition) is 0. The lowest BCUT2D eigenvalue weighted by Gasteiger charge is -2.39. The number of likely N-dealkylation sites (tertiary alicyclic amines) is 1. The van der Waals surface area contributed by atoms with Gasteiger partial charge in [0, 0.05) is 25.6 Å². The Morgan fingerprint density at radius 3 is 2.50 bits per heavy atom. The summed E-state index contributed by atoms with van der Waals surface area (Å²) in [6, 6.07) is 9.19. The third kappa shape index (κ3) is 2.34. The van der Waals surface area contributed by atoms with Crippen LogP contribution in [0.25, 0.3) is 0 Å². The molecule has 0 spiro atoms. The lowest BCUT2D eigenvalue weighted by atomic mass is 9.90. The summed E-state index contributed by atoms with van der Waals surface area (Å²) < 4.78 is 63.1. The molecule has 3 rings (SSSR count). The molecule has 2 aliphatic heterocycles. The van der Waals surface area contributed by atoms with Crippen molar-refractivity contribution >= 4 is 9.84 Å². The molecule has 0 radical (unpaired) electrons. The number of halogens is 3. The monoisotopic (exact) mass is 333 g/mol. The van der Waals surface area contributed by atoms with Crippen LogP contribution < -0.4 is 0 Å². The van der Waals surface area contributed by atoms with Gasteiger partial charge in [0.1, 0.15) is 0 Å². The molecule has 0 amide bonds. The van der Waals surface area contributed by atoms with Gasteiger partial charge in [0.25, 0.3) is 0 Å². The van der Waals surface area contributed by atoms with Gasteiger partial charge in [-0.3, -0.25) is 4.90 Å². The van der Waals surface area contributed by atoms with E-state index in [0.717, 1.165) is 5.56 Å². The number of nitrogens with zero attached hydrogens (tertiary/aromatic N) is 1. The first-order valence-electron chi connectivity index (χ1n) is 7.31. The molecule has 0 aromatic heterocycles. The molecule has 22 heavy (non-hydrogen) atoms. The summed E-state index contributed by atoms with van der Waals surface area (Å²) in [6.07, 6.45) is -4.07. The highest BCUT2D eigenvalue weighted by Crippen LogP contribution is 2.51. The number of sulfone groups is 1. The molecule has 0 unspecified atom stereocenters. The van der Waals surface area contributed by atoms with Crippen LogP contribution in [-0.2, 0) is 16.4 Å². The van der Waals surface area contributed by atoms with Gasteiger partial charge >= 0.3 is 6.18 Å². The fraction of sp³-hybridized carbons (Fsp3) is 0.600. The predicted octanol–water partition coefficient (Wildman–Crippen LogP) is 2.63. The molecule has 2 aliphatic rings. The molecule has 0 saturated carbocycles. The Bertz CT molecular complexity index is 645. The standard InChI is InChI=1S/C15H18F3NO2S/c16-15(17,18)14-11-19(9-12-5-2-1-3-6-12)10-13(14)7-4-8-22(14,20)21/h1-3,5-6,13H,4,7-11H2/t13-,14+/m1/s1. The van der Waals surface area contributed by atoms with Crippen LogP contribution in [0.1, 0.15) is 18.4 Å². The van der Waals surface area contributed by atoms with E-state index in [4.69, 9.17) is 0 Å². The van der Waals surface area contributed by atoms with Crippen LogP contribution in [0.4, 0.5) is 13.2 Å². The maximum atomic E-state index is 13.7. The molecule has 2 atom stereocenters. The van der Waals surface area contributed by atoms with Crippen molar-refractivity contribution in [2.45, 2.75) is 30.3 Å². The molecule has 0 aliphatic carbocycles. The molecular formula is C15H18F3NO2S. The fourth-order valence-corrected chi connectivity index (χ4v) is 6.17. The third-order valence-electron chi connectivity index (χ3n) is 4.85. The second-order valence-corrected chi connectivity index (χ2v) is 8.57. The van der Waals surface area contributed by atoms with Crippen molar-refractivity contribution in [3.05, 3.63) is 35.9 Å². The SMILES string of the molecule is O=S1(=O)CCC[C@@H]2CN(Cc3ccccc3)C[C@@]21C(F)(F)F. The molecule has 2 fully saturated rings. The van der Waals surface area contributed by atoms with E-state index < -0.39 is 33.2 Å². The minimum atomic E-state index is -4.72. The average molecular weight is 333 g/mol. The lowest BCUT2D eigenvalue weighted by Crippen LogP contribution is -2.60. The van der Waals surface area contributed by atoms with Gasteiger partial charge in [-0.05, 0) is 18.4 Å². The van der Waals surface area contributed by atoms with Crippen molar-refractivity contribution in [1.29, 1.82) is 0 Å². The van der Waals surface area contributed by atoms with Gasteiger partial charge in [-0.15, -0.1) is 0 Å². The van der Waals surface area contributed by atoms with Crippen LogP contribution in [0.2, 0.25) is 0 Å². The number of fused-ring (bicyclic) bond motifs is 1. The van der Waals surface area contributed by atoms with Crippen molar-refractivity contribution < 1.29 is 21.6 Å². The summed E-state index contributed by atoms with van der Waals surface area (Å²) in [7, 11) is -4.17. The number of rotatable bonds is 2. The van der Waals surface area contributed by atoms with E-state index in [9.17, 15) is 21.6 Å². The van der Waals surface area contributed by atoms with E-state index in [1.807, 2.05) is 30.3 Å². The molecule has 0 bridgehead atoms. The van der Waals surface area contributed by atoms with Crippen molar-refractivity contribution in [2.24, 2.45) is 5.92 Å². The van der Waals surface area contributed by atoms with Crippen molar-refractivity contribution in [3.8, 4) is 0 Å². The van der Waals surface area contributed by atoms with Gasteiger partial charge in [-0.1, -0.05) is 30.3 Å². The fourth-order valence-electron chi connectivity index (χ4n) is 3.82. The van der Waals surface area contributed by atoms with Gasteiger partial charge in [0.05, 0.1) is 5.75 Å². The van der Waals surface area contributed by atoms with E-state index in [2.05, 4.69) is 0 Å². The summed E-state index contributed by atoms with van der Waals surface area (Å²) in [5.74, 6) is -1.21. The normalized spacial score (nSPS) is 31.9. The molecule has 1 aromatic rings. The van der Waals surface area contributed by atoms with Gasteiger partial charge in [0.2, 0.25) is 0 Å². The smallest absolute Gasteiger partial charge is 0.297 e. The molecule has 122 valence electrons. The van der Waals surface area contributed by atoms with Gasteiger partial charge < -0.3 is 0 Å². The largest absolute Gasteiger partial charge is 0.409 e. The van der Waals surface area contributed by atoms with Gasteiger partial charge in [-0.2, -0.15) is 13.2 Å². The molecule has 3 nitrogen and oxygen atoms in total. The Morgan fingerprint density at radius 2 is 1.91 bits per heavy atom. The first-order chi connectivity index (χ1) is 10.3. The molecule has 0 N–H and O–H groups in total. The van der Waals surface area contributed by atoms with Gasteiger partial charge in [0.15, 0.2) is 14.6 Å². The van der Waals surface area contributed by atoms with E-state index in [-0.39, 0.29) is 12.3 Å². The quantitative estimate of drug-likeness (QED) is 0.835. The summed E-state index contributed by atoms with van der Waals surface area (Å²) in [5.41, 5.74) is 0.899. The minimum absolute atomic E-state index is 0.188. The zero-order valence-electron chi connectivity index (χ0n) is 12.0. The second-order valence-electron chi connectivity index (χ2n) is 6.20. The topological polar surface area (TPSA) is 37.4 Å². The van der Waals surface area contributed by atoms with Gasteiger partial charge in [-0.25, -0.2) is 8.42 Å². The van der Waals surface area contributed by atoms with E-state index in [1.165, 1.54) is 0 Å². The Morgan fingerprint density at radius 1 is 1.23 bits per heavy atom. The number of benzene rings is 1. The summed E-state index contributed by atoms with van der Waals surface area (Å²) in [4.78, 5) is 1.64. The first kappa shape index (κ1) is 15.8. The zero-order valence-corrected chi connectivity index (χ0v) is 12.8. The Hall–Kier alpha value is -1.08. The highest BCUT2D eigenvalue weighted by molar-refractivity contribution is 7.93. The summed E-state index contributed by atoms with van der Waals surface area (Å²) in [5, 5.41) is 0. The molecule has 2 heterocycles. The predicted molar refractivity (Wildman–Crippen MR) is 77.0 cm³/mol. The van der Waals surface area contributed by atoms with Crippen LogP contribution in [-0.4, -0.2) is 43.1 Å². The van der Waals surface area contributed by atoms with Crippen LogP contribution in [0.15, 0.2) is 30.3 Å². The lowest BCUT2D eigenvalue weighted by molar-refractivity contribution is -0.168. The van der Waals surface area contributed by atoms with Crippen LogP contribution >= 0.6 is 0 Å². The Balaban J connectivity index is 1.92. The Kier molecular flexibility index (Phi) is 3.76. The van der Waals surface area contributed by atoms with Crippen LogP contribution in [0, 0.1) is 5.92 Å². The third-order valence-corrected chi connectivity index (χ3v) is 7.48. The summed E-state index contributed by atoms with van der Waals surface area (Å²) in [6.45, 7) is 0.0940. The van der Waals surface area contributed by atoms with Crippen molar-refractivity contribution in [2.75, 3.05) is 18.8 Å². The van der Waals surface area contributed by atoms with E-state index in [1.54, 1.807) is 4.90 Å². The molecule has 7 heteroatoms.